The summed E-state index contributed by atoms with van der Waals surface area (Å²) in [6.45, 7) is 1.29. The number of nitrogens with two attached hydrogens (primary N) is 1. The number of anilines is 3. The van der Waals surface area contributed by atoms with E-state index in [2.05, 4.69) is 9.97 Å². The third kappa shape index (κ3) is 6.91. The number of amides is 3. The monoisotopic (exact) mass is 557 g/mol. The first-order valence-corrected chi connectivity index (χ1v) is 10.6. The molecule has 39 heavy (non-hydrogen) atoms. The first-order valence-electron chi connectivity index (χ1n) is 10.6. The molecule has 10 nitrogen and oxygen atoms in total. The Hall–Kier alpha value is -4.89. The number of carboxylic acids is 1. The van der Waals surface area contributed by atoms with Crippen LogP contribution in [0.5, 0.6) is 11.6 Å². The molecule has 0 unspecified atom stereocenters. The average molecular weight is 557 g/mol. The van der Waals surface area contributed by atoms with Gasteiger partial charge in [0.15, 0.2) is 0 Å². The van der Waals surface area contributed by atoms with Crippen LogP contribution in [0.3, 0.4) is 0 Å². The van der Waals surface area contributed by atoms with Crippen molar-refractivity contribution < 1.29 is 50.6 Å². The number of aryl methyl sites for hydroxylation is 1. The number of carbonyl (C=O) groups excluding carboxylic acids is 2. The smallest absolute Gasteiger partial charge is 0.475 e. The number of carbonyl (C=O) groups is 3. The minimum Gasteiger partial charge on any atom is -0.475 e. The van der Waals surface area contributed by atoms with Crippen molar-refractivity contribution in [3.05, 3.63) is 66.0 Å². The summed E-state index contributed by atoms with van der Waals surface area (Å²) in [5.74, 6) is -2.49. The molecule has 0 aliphatic carbocycles. The van der Waals surface area contributed by atoms with E-state index in [1.54, 1.807) is 13.0 Å². The second kappa shape index (κ2) is 10.8. The third-order valence-electron chi connectivity index (χ3n) is 4.99. The molecule has 3 N–H and O–H groups in total. The molecular weight excluding hydrogens is 540 g/mol. The van der Waals surface area contributed by atoms with Crippen molar-refractivity contribution in [1.29, 1.82) is 0 Å². The standard InChI is InChI=1S/C21H16F3N5O3.C2HF3O2/c1-12-7-15(32-18-9-17(25)26-11-27-18)5-6-16(12)29-19(30)10-28(20(29)31)14-4-2-3-13(8-14)21(22,23)24;3-2(4,5)1(6)7/h2-9,11H,10H2,1H3,(H2,25,26,27);(H,6,7). The summed E-state index contributed by atoms with van der Waals surface area (Å²) in [5, 5.41) is 7.12. The highest BCUT2D eigenvalue weighted by molar-refractivity contribution is 6.27. The Morgan fingerprint density at radius 1 is 1.03 bits per heavy atom. The third-order valence-corrected chi connectivity index (χ3v) is 4.99. The van der Waals surface area contributed by atoms with Gasteiger partial charge in [0, 0.05) is 11.8 Å². The van der Waals surface area contributed by atoms with Gasteiger partial charge in [-0.25, -0.2) is 24.5 Å². The van der Waals surface area contributed by atoms with Crippen LogP contribution in [0, 0.1) is 6.92 Å². The van der Waals surface area contributed by atoms with E-state index in [1.165, 1.54) is 36.7 Å². The van der Waals surface area contributed by atoms with E-state index < -0.39 is 35.8 Å². The lowest BCUT2D eigenvalue weighted by atomic mass is 10.1. The Morgan fingerprint density at radius 2 is 1.69 bits per heavy atom. The number of hydrogen-bond donors (Lipinski definition) is 2. The van der Waals surface area contributed by atoms with Crippen LogP contribution in [-0.4, -0.2) is 45.7 Å². The Balaban J connectivity index is 0.000000532. The molecule has 4 rings (SSSR count). The van der Waals surface area contributed by atoms with Crippen molar-refractivity contribution in [2.75, 3.05) is 22.1 Å². The summed E-state index contributed by atoms with van der Waals surface area (Å²) in [6.07, 6.45) is -8.40. The molecular formula is C23H17F6N5O5. The number of halogens is 6. The molecule has 3 amide bonds. The van der Waals surface area contributed by atoms with Gasteiger partial charge in [-0.3, -0.25) is 9.69 Å². The molecule has 1 aliphatic rings. The number of imide groups is 1. The van der Waals surface area contributed by atoms with Crippen molar-refractivity contribution in [2.24, 2.45) is 0 Å². The molecule has 0 spiro atoms. The largest absolute Gasteiger partial charge is 0.490 e. The van der Waals surface area contributed by atoms with Crippen LogP contribution in [0.1, 0.15) is 11.1 Å². The highest BCUT2D eigenvalue weighted by atomic mass is 19.4. The van der Waals surface area contributed by atoms with Gasteiger partial charge in [-0.2, -0.15) is 26.3 Å². The summed E-state index contributed by atoms with van der Waals surface area (Å²) in [6, 6.07) is 9.62. The topological polar surface area (TPSA) is 139 Å². The molecule has 0 radical (unpaired) electrons. The fourth-order valence-corrected chi connectivity index (χ4v) is 3.26. The first-order chi connectivity index (χ1) is 18.1. The van der Waals surface area contributed by atoms with Crippen LogP contribution in [0.2, 0.25) is 0 Å². The number of benzene rings is 2. The lowest BCUT2D eigenvalue weighted by Crippen LogP contribution is -2.33. The van der Waals surface area contributed by atoms with Crippen LogP contribution in [0.25, 0.3) is 0 Å². The number of carboxylic acid groups (broad SMARTS) is 1. The first kappa shape index (κ1) is 28.7. The molecule has 1 saturated heterocycles. The number of urea groups is 1. The van der Waals surface area contributed by atoms with Crippen molar-refractivity contribution in [3.8, 4) is 11.6 Å². The predicted molar refractivity (Wildman–Crippen MR) is 123 cm³/mol. The molecule has 1 aromatic heterocycles. The van der Waals surface area contributed by atoms with E-state index in [1.807, 2.05) is 0 Å². The molecule has 0 atom stereocenters. The lowest BCUT2D eigenvalue weighted by molar-refractivity contribution is -0.192. The van der Waals surface area contributed by atoms with Gasteiger partial charge in [-0.05, 0) is 48.9 Å². The van der Waals surface area contributed by atoms with Gasteiger partial charge in [-0.15, -0.1) is 0 Å². The van der Waals surface area contributed by atoms with Crippen LogP contribution in [0.4, 0.5) is 48.3 Å². The molecule has 0 saturated carbocycles. The maximum atomic E-state index is 13.0. The zero-order valence-electron chi connectivity index (χ0n) is 19.6. The van der Waals surface area contributed by atoms with Gasteiger partial charge in [0.1, 0.15) is 24.4 Å². The molecule has 16 heteroatoms. The van der Waals surface area contributed by atoms with Crippen molar-refractivity contribution in [2.45, 2.75) is 19.3 Å². The normalized spacial score (nSPS) is 13.7. The summed E-state index contributed by atoms with van der Waals surface area (Å²) in [7, 11) is 0. The van der Waals surface area contributed by atoms with Crippen LogP contribution < -0.4 is 20.3 Å². The van der Waals surface area contributed by atoms with E-state index in [-0.39, 0.29) is 23.9 Å². The molecule has 206 valence electrons. The number of nitrogen functional groups attached to an aromatic ring is 1. The van der Waals surface area contributed by atoms with Crippen molar-refractivity contribution >= 4 is 35.1 Å². The number of alkyl halides is 6. The van der Waals surface area contributed by atoms with Crippen LogP contribution in [-0.2, 0) is 15.8 Å². The van der Waals surface area contributed by atoms with E-state index >= 15 is 0 Å². The summed E-state index contributed by atoms with van der Waals surface area (Å²) in [4.78, 5) is 44.1. The second-order valence-electron chi connectivity index (χ2n) is 7.78. The zero-order valence-corrected chi connectivity index (χ0v) is 19.6. The quantitative estimate of drug-likeness (QED) is 0.345. The summed E-state index contributed by atoms with van der Waals surface area (Å²) < 4.78 is 76.4. The molecule has 2 aromatic carbocycles. The predicted octanol–water partition coefficient (Wildman–Crippen LogP) is 4.78. The van der Waals surface area contributed by atoms with Gasteiger partial charge in [0.2, 0.25) is 5.88 Å². The number of aliphatic carboxylic acids is 1. The van der Waals surface area contributed by atoms with Crippen LogP contribution in [0.15, 0.2) is 54.9 Å². The van der Waals surface area contributed by atoms with E-state index in [4.69, 9.17) is 20.4 Å². The van der Waals surface area contributed by atoms with Gasteiger partial charge in [0.25, 0.3) is 5.91 Å². The van der Waals surface area contributed by atoms with Gasteiger partial charge in [-0.1, -0.05) is 6.07 Å². The molecule has 2 heterocycles. The van der Waals surface area contributed by atoms with E-state index in [0.717, 1.165) is 21.9 Å². The maximum Gasteiger partial charge on any atom is 0.490 e. The van der Waals surface area contributed by atoms with Gasteiger partial charge >= 0.3 is 24.4 Å². The highest BCUT2D eigenvalue weighted by Crippen LogP contribution is 2.35. The maximum absolute atomic E-state index is 13.0. The number of nitrogens with zero attached hydrogens (tertiary/aromatic N) is 4. The SMILES string of the molecule is Cc1cc(Oc2cc(N)ncn2)ccc1N1C(=O)CN(c2cccc(C(F)(F)F)c2)C1=O.O=C(O)C(F)(F)F. The number of aromatic nitrogens is 2. The Bertz CT molecular complexity index is 1410. The van der Waals surface area contributed by atoms with E-state index in [0.29, 0.717) is 17.0 Å². The minimum atomic E-state index is -5.08. The van der Waals surface area contributed by atoms with Crippen LogP contribution >= 0.6 is 0 Å². The van der Waals surface area contributed by atoms with Crippen molar-refractivity contribution in [1.82, 2.24) is 9.97 Å². The van der Waals surface area contributed by atoms with E-state index in [9.17, 15) is 35.9 Å². The zero-order chi connectivity index (χ0) is 29.1. The number of hydrogen-bond acceptors (Lipinski definition) is 7. The summed E-state index contributed by atoms with van der Waals surface area (Å²) in [5.41, 5.74) is 5.51. The van der Waals surface area contributed by atoms with Gasteiger partial charge < -0.3 is 15.6 Å². The molecule has 1 fully saturated rings. The fourth-order valence-electron chi connectivity index (χ4n) is 3.26. The Morgan fingerprint density at radius 3 is 2.26 bits per heavy atom. The summed E-state index contributed by atoms with van der Waals surface area (Å²) >= 11 is 0. The molecule has 3 aromatic rings. The fraction of sp³-hybridized carbons (Fsp3) is 0.174. The minimum absolute atomic E-state index is 0.0142. The average Bonchev–Trinajstić information content (AvgIpc) is 3.12. The number of ether oxygens (including phenoxy) is 1. The second-order valence-corrected chi connectivity index (χ2v) is 7.78. The highest BCUT2D eigenvalue weighted by Gasteiger charge is 2.40. The lowest BCUT2D eigenvalue weighted by Gasteiger charge is -2.20. The molecule has 0 bridgehead atoms. The Labute approximate surface area is 215 Å². The molecule has 1 aliphatic heterocycles. The number of rotatable bonds is 4. The Kier molecular flexibility index (Phi) is 7.97. The van der Waals surface area contributed by atoms with Crippen molar-refractivity contribution in [3.63, 3.8) is 0 Å². The van der Waals surface area contributed by atoms with Gasteiger partial charge in [0.05, 0.1) is 11.3 Å².